The third-order valence-electron chi connectivity index (χ3n) is 5.10. The molecule has 0 spiro atoms. The molecule has 6 heteroatoms. The minimum atomic E-state index is -1.42. The molecule has 142 valence electrons. The second-order valence-electron chi connectivity index (χ2n) is 6.59. The third-order valence-corrected chi connectivity index (χ3v) is 5.10. The monoisotopic (exact) mass is 368 g/mol. The zero-order valence-electron chi connectivity index (χ0n) is 15.6. The van der Waals surface area contributed by atoms with E-state index in [0.717, 1.165) is 37.2 Å². The number of aromatic hydroxyl groups is 1. The smallest absolute Gasteiger partial charge is 0.345 e. The summed E-state index contributed by atoms with van der Waals surface area (Å²) in [5.74, 6) is -1.93. The molecule has 0 fully saturated rings. The molecule has 0 saturated heterocycles. The quantitative estimate of drug-likeness (QED) is 0.848. The molecule has 0 bridgehead atoms. The molecule has 3 rings (SSSR count). The number of pyridine rings is 1. The molecule has 0 unspecified atom stereocenters. The summed E-state index contributed by atoms with van der Waals surface area (Å²) in [4.78, 5) is 26.1. The van der Waals surface area contributed by atoms with Gasteiger partial charge in [0.05, 0.1) is 5.69 Å². The molecule has 1 aromatic heterocycles. The van der Waals surface area contributed by atoms with Crippen molar-refractivity contribution in [3.05, 3.63) is 57.9 Å². The van der Waals surface area contributed by atoms with Gasteiger partial charge in [0, 0.05) is 25.7 Å². The Morgan fingerprint density at radius 2 is 1.78 bits per heavy atom. The normalized spacial score (nSPS) is 14.8. The first kappa shape index (κ1) is 18.9. The number of aromatic nitrogens is 1. The maximum Gasteiger partial charge on any atom is 0.345 e. The first-order chi connectivity index (χ1) is 13.0. The standard InChI is InChI=1S/C21H24N2O4/c1-3-22-11-9-15(10-12-22)14-5-7-16(8-6-14)17-13-18(24)19(21(26)27)20(25)23(17)4-2/h5-9,13,24H,3-4,10-12H2,1-2H3,(H,26,27). The van der Waals surface area contributed by atoms with Crippen LogP contribution in [-0.4, -0.2) is 45.3 Å². The Labute approximate surface area is 158 Å². The van der Waals surface area contributed by atoms with E-state index in [4.69, 9.17) is 5.11 Å². The Morgan fingerprint density at radius 3 is 2.30 bits per heavy atom. The highest BCUT2D eigenvalue weighted by molar-refractivity contribution is 5.91. The van der Waals surface area contributed by atoms with Gasteiger partial charge in [-0.1, -0.05) is 37.3 Å². The van der Waals surface area contributed by atoms with Gasteiger partial charge in [0.2, 0.25) is 0 Å². The summed E-state index contributed by atoms with van der Waals surface area (Å²) < 4.78 is 1.37. The van der Waals surface area contributed by atoms with Gasteiger partial charge in [-0.2, -0.15) is 0 Å². The van der Waals surface area contributed by atoms with Crippen molar-refractivity contribution in [1.82, 2.24) is 9.47 Å². The largest absolute Gasteiger partial charge is 0.507 e. The van der Waals surface area contributed by atoms with E-state index in [0.29, 0.717) is 12.2 Å². The van der Waals surface area contributed by atoms with Gasteiger partial charge in [-0.25, -0.2) is 4.79 Å². The number of hydrogen-bond donors (Lipinski definition) is 2. The Balaban J connectivity index is 1.97. The van der Waals surface area contributed by atoms with Gasteiger partial charge in [-0.15, -0.1) is 0 Å². The summed E-state index contributed by atoms with van der Waals surface area (Å²) in [7, 11) is 0. The number of aromatic carboxylic acids is 1. The van der Waals surface area contributed by atoms with E-state index in [-0.39, 0.29) is 0 Å². The van der Waals surface area contributed by atoms with E-state index in [1.807, 2.05) is 24.3 Å². The van der Waals surface area contributed by atoms with Crippen molar-refractivity contribution in [2.45, 2.75) is 26.8 Å². The maximum atomic E-state index is 12.4. The number of likely N-dealkylation sites (N-methyl/N-ethyl adjacent to an activating group) is 1. The van der Waals surface area contributed by atoms with Crippen LogP contribution in [0.4, 0.5) is 0 Å². The molecule has 0 atom stereocenters. The van der Waals surface area contributed by atoms with E-state index < -0.39 is 22.8 Å². The number of carbonyl (C=O) groups is 1. The summed E-state index contributed by atoms with van der Waals surface area (Å²) >= 11 is 0. The average molecular weight is 368 g/mol. The van der Waals surface area contributed by atoms with E-state index in [9.17, 15) is 14.7 Å². The second-order valence-corrected chi connectivity index (χ2v) is 6.59. The molecule has 0 aliphatic carbocycles. The van der Waals surface area contributed by atoms with E-state index >= 15 is 0 Å². The van der Waals surface area contributed by atoms with Gasteiger partial charge in [0.1, 0.15) is 5.75 Å². The second kappa shape index (κ2) is 7.80. The van der Waals surface area contributed by atoms with Gasteiger partial charge < -0.3 is 14.8 Å². The first-order valence-electron chi connectivity index (χ1n) is 9.18. The fourth-order valence-electron chi connectivity index (χ4n) is 3.50. The molecule has 0 radical (unpaired) electrons. The van der Waals surface area contributed by atoms with Crippen molar-refractivity contribution in [2.75, 3.05) is 19.6 Å². The lowest BCUT2D eigenvalue weighted by Crippen LogP contribution is -2.28. The predicted octanol–water partition coefficient (Wildman–Crippen LogP) is 3.05. The van der Waals surface area contributed by atoms with Crippen LogP contribution in [0.2, 0.25) is 0 Å². The van der Waals surface area contributed by atoms with Gasteiger partial charge in [0.15, 0.2) is 5.56 Å². The van der Waals surface area contributed by atoms with Crippen molar-refractivity contribution in [3.63, 3.8) is 0 Å². The summed E-state index contributed by atoms with van der Waals surface area (Å²) in [6.07, 6.45) is 3.25. The molecular formula is C21H24N2O4. The molecule has 27 heavy (non-hydrogen) atoms. The molecule has 0 saturated carbocycles. The third kappa shape index (κ3) is 3.66. The van der Waals surface area contributed by atoms with Crippen LogP contribution in [0.25, 0.3) is 16.8 Å². The maximum absolute atomic E-state index is 12.4. The Hall–Kier alpha value is -2.86. The summed E-state index contributed by atoms with van der Waals surface area (Å²) in [5, 5.41) is 19.2. The minimum Gasteiger partial charge on any atom is -0.507 e. The van der Waals surface area contributed by atoms with Gasteiger partial charge in [0.25, 0.3) is 5.56 Å². The van der Waals surface area contributed by atoms with Crippen LogP contribution in [-0.2, 0) is 6.54 Å². The summed E-state index contributed by atoms with van der Waals surface area (Å²) in [6, 6.07) is 9.18. The van der Waals surface area contributed by atoms with Gasteiger partial charge in [-0.3, -0.25) is 9.69 Å². The number of rotatable bonds is 5. The predicted molar refractivity (Wildman–Crippen MR) is 105 cm³/mol. The van der Waals surface area contributed by atoms with Crippen molar-refractivity contribution >= 4 is 11.5 Å². The van der Waals surface area contributed by atoms with E-state index in [1.54, 1.807) is 6.92 Å². The van der Waals surface area contributed by atoms with Crippen LogP contribution in [0.3, 0.4) is 0 Å². The topological polar surface area (TPSA) is 82.8 Å². The molecule has 2 N–H and O–H groups in total. The average Bonchev–Trinajstić information content (AvgIpc) is 2.67. The zero-order valence-corrected chi connectivity index (χ0v) is 15.6. The Bertz CT molecular complexity index is 942. The highest BCUT2D eigenvalue weighted by Gasteiger charge is 2.20. The number of hydrogen-bond acceptors (Lipinski definition) is 4. The van der Waals surface area contributed by atoms with Crippen LogP contribution in [0.15, 0.2) is 41.2 Å². The molecular weight excluding hydrogens is 344 g/mol. The molecule has 2 heterocycles. The molecule has 1 aromatic carbocycles. The van der Waals surface area contributed by atoms with Crippen molar-refractivity contribution < 1.29 is 15.0 Å². The Morgan fingerprint density at radius 1 is 1.11 bits per heavy atom. The summed E-state index contributed by atoms with van der Waals surface area (Å²) in [5.41, 5.74) is 2.43. The van der Waals surface area contributed by atoms with Crippen molar-refractivity contribution in [3.8, 4) is 17.0 Å². The molecule has 2 aromatic rings. The lowest BCUT2D eigenvalue weighted by atomic mass is 9.97. The van der Waals surface area contributed by atoms with E-state index in [2.05, 4.69) is 17.9 Å². The van der Waals surface area contributed by atoms with Crippen molar-refractivity contribution in [1.29, 1.82) is 0 Å². The van der Waals surface area contributed by atoms with Gasteiger partial charge in [-0.05, 0) is 36.6 Å². The first-order valence-corrected chi connectivity index (χ1v) is 9.18. The Kier molecular flexibility index (Phi) is 5.46. The minimum absolute atomic E-state index is 0.314. The van der Waals surface area contributed by atoms with Crippen LogP contribution >= 0.6 is 0 Å². The van der Waals surface area contributed by atoms with Crippen LogP contribution in [0.1, 0.15) is 36.2 Å². The van der Waals surface area contributed by atoms with Crippen LogP contribution in [0, 0.1) is 0 Å². The highest BCUT2D eigenvalue weighted by Crippen LogP contribution is 2.28. The van der Waals surface area contributed by atoms with E-state index in [1.165, 1.54) is 16.2 Å². The number of carboxylic acid groups (broad SMARTS) is 1. The fourth-order valence-corrected chi connectivity index (χ4v) is 3.50. The molecule has 1 aliphatic heterocycles. The lowest BCUT2D eigenvalue weighted by molar-refractivity contribution is 0.0691. The number of benzene rings is 1. The SMILES string of the molecule is CCN1CC=C(c2ccc(-c3cc(O)c(C(=O)O)c(=O)n3CC)cc2)CC1. The van der Waals surface area contributed by atoms with Crippen molar-refractivity contribution in [2.24, 2.45) is 0 Å². The summed E-state index contributed by atoms with van der Waals surface area (Å²) in [6.45, 7) is 7.29. The zero-order chi connectivity index (χ0) is 19.6. The number of nitrogens with zero attached hydrogens (tertiary/aromatic N) is 2. The number of carboxylic acids is 1. The lowest BCUT2D eigenvalue weighted by Gasteiger charge is -2.25. The molecule has 6 nitrogen and oxygen atoms in total. The van der Waals surface area contributed by atoms with Gasteiger partial charge >= 0.3 is 5.97 Å². The highest BCUT2D eigenvalue weighted by atomic mass is 16.4. The molecule has 1 aliphatic rings. The fraction of sp³-hybridized carbons (Fsp3) is 0.333. The van der Waals surface area contributed by atoms with Crippen LogP contribution < -0.4 is 5.56 Å². The molecule has 0 amide bonds. The van der Waals surface area contributed by atoms with Crippen LogP contribution in [0.5, 0.6) is 5.75 Å².